The van der Waals surface area contributed by atoms with Crippen LogP contribution in [-0.4, -0.2) is 33.3 Å². The van der Waals surface area contributed by atoms with E-state index < -0.39 is 0 Å². The monoisotopic (exact) mass is 263 g/mol. The SMILES string of the molecule is CCC(CN(C)c1ccc2c(c1)CCO2)C(=O)OC. The summed E-state index contributed by atoms with van der Waals surface area (Å²) < 4.78 is 10.3. The lowest BCUT2D eigenvalue weighted by atomic mass is 10.1. The van der Waals surface area contributed by atoms with Crippen molar-refractivity contribution < 1.29 is 14.3 Å². The highest BCUT2D eigenvalue weighted by atomic mass is 16.5. The molecule has 1 aliphatic heterocycles. The molecule has 0 saturated carbocycles. The van der Waals surface area contributed by atoms with Gasteiger partial charge in [0.25, 0.3) is 0 Å². The Bertz CT molecular complexity index is 459. The van der Waals surface area contributed by atoms with Gasteiger partial charge in [-0.2, -0.15) is 0 Å². The van der Waals surface area contributed by atoms with Crippen molar-refractivity contribution >= 4 is 11.7 Å². The molecule has 2 rings (SSSR count). The van der Waals surface area contributed by atoms with Gasteiger partial charge in [-0.15, -0.1) is 0 Å². The third kappa shape index (κ3) is 3.00. The van der Waals surface area contributed by atoms with Crippen LogP contribution < -0.4 is 9.64 Å². The van der Waals surface area contributed by atoms with Crippen LogP contribution in [0.5, 0.6) is 5.75 Å². The third-order valence-electron chi connectivity index (χ3n) is 3.64. The van der Waals surface area contributed by atoms with Crippen LogP contribution in [0.2, 0.25) is 0 Å². The first-order valence-electron chi connectivity index (χ1n) is 6.70. The molecule has 0 spiro atoms. The minimum Gasteiger partial charge on any atom is -0.493 e. The normalized spacial score (nSPS) is 14.5. The number of carbonyl (C=O) groups is 1. The van der Waals surface area contributed by atoms with Crippen LogP contribution in [-0.2, 0) is 16.0 Å². The highest BCUT2D eigenvalue weighted by Crippen LogP contribution is 2.29. The van der Waals surface area contributed by atoms with E-state index in [1.807, 2.05) is 26.1 Å². The standard InChI is InChI=1S/C15H21NO3/c1-4-11(15(17)18-3)10-16(2)13-5-6-14-12(9-13)7-8-19-14/h5-6,9,11H,4,7-8,10H2,1-3H3. The molecule has 0 aromatic heterocycles. The zero-order valence-corrected chi connectivity index (χ0v) is 11.8. The highest BCUT2D eigenvalue weighted by molar-refractivity contribution is 5.73. The Labute approximate surface area is 114 Å². The van der Waals surface area contributed by atoms with Crippen molar-refractivity contribution in [2.45, 2.75) is 19.8 Å². The highest BCUT2D eigenvalue weighted by Gasteiger charge is 2.20. The van der Waals surface area contributed by atoms with E-state index >= 15 is 0 Å². The first kappa shape index (κ1) is 13.7. The fourth-order valence-electron chi connectivity index (χ4n) is 2.38. The molecular formula is C15H21NO3. The van der Waals surface area contributed by atoms with Gasteiger partial charge in [0, 0.05) is 25.7 Å². The van der Waals surface area contributed by atoms with Crippen LogP contribution in [0.4, 0.5) is 5.69 Å². The summed E-state index contributed by atoms with van der Waals surface area (Å²) in [6, 6.07) is 6.19. The third-order valence-corrected chi connectivity index (χ3v) is 3.64. The predicted octanol–water partition coefficient (Wildman–Crippen LogP) is 2.26. The molecule has 0 radical (unpaired) electrons. The first-order chi connectivity index (χ1) is 9.15. The molecule has 104 valence electrons. The average Bonchev–Trinajstić information content (AvgIpc) is 2.90. The molecule has 0 bridgehead atoms. The van der Waals surface area contributed by atoms with Gasteiger partial charge in [0.2, 0.25) is 0 Å². The number of ether oxygens (including phenoxy) is 2. The summed E-state index contributed by atoms with van der Waals surface area (Å²) in [6.07, 6.45) is 1.75. The molecule has 19 heavy (non-hydrogen) atoms. The van der Waals surface area contributed by atoms with Crippen LogP contribution in [0.1, 0.15) is 18.9 Å². The number of benzene rings is 1. The predicted molar refractivity (Wildman–Crippen MR) is 74.7 cm³/mol. The van der Waals surface area contributed by atoms with Gasteiger partial charge in [-0.25, -0.2) is 0 Å². The number of methoxy groups -OCH3 is 1. The zero-order chi connectivity index (χ0) is 13.8. The fraction of sp³-hybridized carbons (Fsp3) is 0.533. The van der Waals surface area contributed by atoms with E-state index in [2.05, 4.69) is 11.0 Å². The smallest absolute Gasteiger partial charge is 0.310 e. The Morgan fingerprint density at radius 1 is 1.53 bits per heavy atom. The molecule has 1 atom stereocenters. The Kier molecular flexibility index (Phi) is 4.30. The molecule has 1 heterocycles. The van der Waals surface area contributed by atoms with Gasteiger partial charge < -0.3 is 14.4 Å². The van der Waals surface area contributed by atoms with Crippen LogP contribution >= 0.6 is 0 Å². The summed E-state index contributed by atoms with van der Waals surface area (Å²) in [5, 5.41) is 0. The van der Waals surface area contributed by atoms with Gasteiger partial charge in [-0.1, -0.05) is 6.92 Å². The minimum atomic E-state index is -0.140. The van der Waals surface area contributed by atoms with Crippen molar-refractivity contribution in [1.82, 2.24) is 0 Å². The van der Waals surface area contributed by atoms with Crippen molar-refractivity contribution in [2.24, 2.45) is 5.92 Å². The average molecular weight is 263 g/mol. The molecular weight excluding hydrogens is 242 g/mol. The lowest BCUT2D eigenvalue weighted by Crippen LogP contribution is -2.30. The number of anilines is 1. The molecule has 4 nitrogen and oxygen atoms in total. The van der Waals surface area contributed by atoms with Crippen molar-refractivity contribution in [3.05, 3.63) is 23.8 Å². The summed E-state index contributed by atoms with van der Waals surface area (Å²) in [5.74, 6) is 0.760. The van der Waals surface area contributed by atoms with Gasteiger partial charge in [0.05, 0.1) is 19.6 Å². The second-order valence-corrected chi connectivity index (χ2v) is 4.90. The van der Waals surface area contributed by atoms with Gasteiger partial charge in [-0.05, 0) is 30.2 Å². The molecule has 1 aromatic rings. The maximum absolute atomic E-state index is 11.6. The number of esters is 1. The van der Waals surface area contributed by atoms with Crippen molar-refractivity contribution in [3.8, 4) is 5.75 Å². The van der Waals surface area contributed by atoms with Crippen LogP contribution in [0.3, 0.4) is 0 Å². The van der Waals surface area contributed by atoms with Crippen molar-refractivity contribution in [2.75, 3.05) is 32.2 Å². The lowest BCUT2D eigenvalue weighted by Gasteiger charge is -2.24. The van der Waals surface area contributed by atoms with Crippen molar-refractivity contribution in [3.63, 3.8) is 0 Å². The van der Waals surface area contributed by atoms with E-state index in [0.29, 0.717) is 6.54 Å². The topological polar surface area (TPSA) is 38.8 Å². The first-order valence-corrected chi connectivity index (χ1v) is 6.70. The summed E-state index contributed by atoms with van der Waals surface area (Å²) in [7, 11) is 3.45. The fourth-order valence-corrected chi connectivity index (χ4v) is 2.38. The van der Waals surface area contributed by atoms with Gasteiger partial charge in [-0.3, -0.25) is 4.79 Å². The number of rotatable bonds is 5. The number of hydrogen-bond donors (Lipinski definition) is 0. The minimum absolute atomic E-state index is 0.0838. The van der Waals surface area contributed by atoms with Gasteiger partial charge in [0.1, 0.15) is 5.75 Å². The molecule has 1 unspecified atom stereocenters. The summed E-state index contributed by atoms with van der Waals surface area (Å²) in [5.41, 5.74) is 2.36. The molecule has 0 N–H and O–H groups in total. The molecule has 0 saturated heterocycles. The molecule has 1 aromatic carbocycles. The summed E-state index contributed by atoms with van der Waals surface area (Å²) in [6.45, 7) is 3.44. The van der Waals surface area contributed by atoms with Gasteiger partial charge in [0.15, 0.2) is 0 Å². The zero-order valence-electron chi connectivity index (χ0n) is 11.8. The van der Waals surface area contributed by atoms with E-state index in [1.54, 1.807) is 0 Å². The number of carbonyl (C=O) groups excluding carboxylic acids is 1. The molecule has 0 aliphatic carbocycles. The second-order valence-electron chi connectivity index (χ2n) is 4.90. The lowest BCUT2D eigenvalue weighted by molar-refractivity contribution is -0.145. The number of fused-ring (bicyclic) bond motifs is 1. The largest absolute Gasteiger partial charge is 0.493 e. The summed E-state index contributed by atoms with van der Waals surface area (Å²) >= 11 is 0. The number of nitrogens with zero attached hydrogens (tertiary/aromatic N) is 1. The molecule has 1 aliphatic rings. The quantitative estimate of drug-likeness (QED) is 0.764. The van der Waals surface area contributed by atoms with Crippen LogP contribution in [0.25, 0.3) is 0 Å². The van der Waals surface area contributed by atoms with E-state index in [9.17, 15) is 4.79 Å². The Hall–Kier alpha value is -1.71. The molecule has 4 heteroatoms. The van der Waals surface area contributed by atoms with E-state index in [1.165, 1.54) is 12.7 Å². The Morgan fingerprint density at radius 3 is 3.00 bits per heavy atom. The number of hydrogen-bond acceptors (Lipinski definition) is 4. The van der Waals surface area contributed by atoms with Crippen LogP contribution in [0.15, 0.2) is 18.2 Å². The van der Waals surface area contributed by atoms with Gasteiger partial charge >= 0.3 is 5.97 Å². The summed E-state index contributed by atoms with van der Waals surface area (Å²) in [4.78, 5) is 13.7. The molecule has 0 amide bonds. The van der Waals surface area contributed by atoms with E-state index in [-0.39, 0.29) is 11.9 Å². The Morgan fingerprint density at radius 2 is 2.32 bits per heavy atom. The maximum Gasteiger partial charge on any atom is 0.310 e. The Balaban J connectivity index is 2.07. The van der Waals surface area contributed by atoms with Crippen molar-refractivity contribution in [1.29, 1.82) is 0 Å². The van der Waals surface area contributed by atoms with E-state index in [4.69, 9.17) is 9.47 Å². The van der Waals surface area contributed by atoms with E-state index in [0.717, 1.165) is 30.9 Å². The molecule has 0 fully saturated rings. The second kappa shape index (κ2) is 5.95. The maximum atomic E-state index is 11.6. The van der Waals surface area contributed by atoms with Crippen LogP contribution in [0, 0.1) is 5.92 Å².